The molecule has 0 aliphatic rings. The molecule has 0 spiro atoms. The normalized spacial score (nSPS) is 12.9. The Kier molecular flexibility index (Phi) is 2.99. The molecule has 0 saturated carbocycles. The summed E-state index contributed by atoms with van der Waals surface area (Å²) >= 11 is 0. The summed E-state index contributed by atoms with van der Waals surface area (Å²) in [7, 11) is 0. The molecule has 0 atom stereocenters. The highest BCUT2D eigenvalue weighted by atomic mass is 19.4. The summed E-state index contributed by atoms with van der Waals surface area (Å²) in [6.07, 6.45) is -5.65. The third-order valence-electron chi connectivity index (χ3n) is 1.88. The number of hydrogen-bond acceptors (Lipinski definition) is 1. The van der Waals surface area contributed by atoms with Crippen LogP contribution in [0.5, 0.6) is 0 Å². The zero-order valence-corrected chi connectivity index (χ0v) is 7.35. The number of hydrogen-bond donors (Lipinski definition) is 1. The summed E-state index contributed by atoms with van der Waals surface area (Å²) in [6, 6.07) is 4.02. The van der Waals surface area contributed by atoms with Crippen LogP contribution in [0.25, 0.3) is 0 Å². The number of benzene rings is 1. The maximum Gasteiger partial charge on any atom is 0.458 e. The second-order valence-corrected chi connectivity index (χ2v) is 2.89. The van der Waals surface area contributed by atoms with Crippen LogP contribution < -0.4 is 0 Å². The van der Waals surface area contributed by atoms with Crippen molar-refractivity contribution in [3.63, 3.8) is 0 Å². The van der Waals surface area contributed by atoms with Crippen LogP contribution in [0.4, 0.5) is 22.0 Å². The zero-order chi connectivity index (χ0) is 11.7. The smallest absolute Gasteiger partial charge is 0.392 e. The predicted octanol–water partition coefficient (Wildman–Crippen LogP) is 2.83. The van der Waals surface area contributed by atoms with Crippen molar-refractivity contribution < 1.29 is 27.1 Å². The third kappa shape index (κ3) is 2.09. The molecule has 1 rings (SSSR count). The van der Waals surface area contributed by atoms with Crippen LogP contribution in [0.2, 0.25) is 0 Å². The molecule has 0 aromatic heterocycles. The molecular weight excluding hydrogens is 219 g/mol. The van der Waals surface area contributed by atoms with E-state index >= 15 is 0 Å². The van der Waals surface area contributed by atoms with E-state index in [1.165, 1.54) is 6.07 Å². The van der Waals surface area contributed by atoms with E-state index in [0.717, 1.165) is 12.1 Å². The van der Waals surface area contributed by atoms with Gasteiger partial charge in [-0.2, -0.15) is 22.0 Å². The van der Waals surface area contributed by atoms with Gasteiger partial charge >= 0.3 is 12.1 Å². The summed E-state index contributed by atoms with van der Waals surface area (Å²) in [5.41, 5.74) is -1.64. The highest BCUT2D eigenvalue weighted by Crippen LogP contribution is 2.44. The predicted molar refractivity (Wildman–Crippen MR) is 42.3 cm³/mol. The Labute approximate surface area is 82.1 Å². The van der Waals surface area contributed by atoms with E-state index in [2.05, 4.69) is 0 Å². The minimum atomic E-state index is -5.65. The first kappa shape index (κ1) is 11.9. The van der Waals surface area contributed by atoms with Gasteiger partial charge in [0.25, 0.3) is 0 Å². The van der Waals surface area contributed by atoms with Crippen LogP contribution in [0, 0.1) is 0 Å². The van der Waals surface area contributed by atoms with Gasteiger partial charge in [0.05, 0.1) is 6.61 Å². The Morgan fingerprint density at radius 1 is 1.00 bits per heavy atom. The lowest BCUT2D eigenvalue weighted by molar-refractivity contribution is -0.289. The van der Waals surface area contributed by atoms with Gasteiger partial charge in [-0.05, 0) is 5.56 Å². The first-order valence-corrected chi connectivity index (χ1v) is 3.94. The second kappa shape index (κ2) is 3.77. The van der Waals surface area contributed by atoms with Gasteiger partial charge in [-0.3, -0.25) is 0 Å². The Balaban J connectivity index is 3.26. The van der Waals surface area contributed by atoms with Crippen molar-refractivity contribution >= 4 is 0 Å². The Hall–Kier alpha value is -1.17. The van der Waals surface area contributed by atoms with Gasteiger partial charge in [0, 0.05) is 5.56 Å². The Morgan fingerprint density at radius 2 is 1.53 bits per heavy atom. The second-order valence-electron chi connectivity index (χ2n) is 2.89. The van der Waals surface area contributed by atoms with Gasteiger partial charge in [0.2, 0.25) is 0 Å². The lowest BCUT2D eigenvalue weighted by Crippen LogP contribution is -2.34. The quantitative estimate of drug-likeness (QED) is 0.769. The molecule has 0 radical (unpaired) electrons. The Morgan fingerprint density at radius 3 is 2.00 bits per heavy atom. The third-order valence-corrected chi connectivity index (χ3v) is 1.88. The lowest BCUT2D eigenvalue weighted by Gasteiger charge is -2.21. The number of alkyl halides is 5. The van der Waals surface area contributed by atoms with Crippen molar-refractivity contribution in [2.75, 3.05) is 0 Å². The highest BCUT2D eigenvalue weighted by Gasteiger charge is 2.59. The molecule has 1 aromatic rings. The lowest BCUT2D eigenvalue weighted by atomic mass is 10.0. The average molecular weight is 226 g/mol. The van der Waals surface area contributed by atoms with Crippen LogP contribution in [0.1, 0.15) is 11.1 Å². The molecule has 1 nitrogen and oxygen atoms in total. The standard InChI is InChI=1S/C9H7F5O/c10-8(11,9(12,13)14)7-4-2-1-3-6(7)5-15/h1-4,15H,5H2. The highest BCUT2D eigenvalue weighted by molar-refractivity contribution is 5.31. The topological polar surface area (TPSA) is 20.2 Å². The monoisotopic (exact) mass is 226 g/mol. The van der Waals surface area contributed by atoms with Crippen LogP contribution in [-0.2, 0) is 12.5 Å². The molecule has 15 heavy (non-hydrogen) atoms. The maximum atomic E-state index is 12.9. The summed E-state index contributed by atoms with van der Waals surface area (Å²) in [6.45, 7) is -0.859. The number of rotatable bonds is 2. The summed E-state index contributed by atoms with van der Waals surface area (Å²) < 4.78 is 61.8. The van der Waals surface area contributed by atoms with Crippen LogP contribution in [0.15, 0.2) is 24.3 Å². The molecular formula is C9H7F5O. The van der Waals surface area contributed by atoms with Crippen molar-refractivity contribution in [1.82, 2.24) is 0 Å². The number of aliphatic hydroxyl groups excluding tert-OH is 1. The molecule has 6 heteroatoms. The summed E-state index contributed by atoms with van der Waals surface area (Å²) in [5.74, 6) is -4.94. The molecule has 0 fully saturated rings. The SMILES string of the molecule is OCc1ccccc1C(F)(F)C(F)(F)F. The van der Waals surface area contributed by atoms with Crippen molar-refractivity contribution in [1.29, 1.82) is 0 Å². The average Bonchev–Trinajstić information content (AvgIpc) is 2.16. The van der Waals surface area contributed by atoms with Crippen molar-refractivity contribution in [3.05, 3.63) is 35.4 Å². The van der Waals surface area contributed by atoms with Crippen molar-refractivity contribution in [3.8, 4) is 0 Å². The fraction of sp³-hybridized carbons (Fsp3) is 0.333. The minimum absolute atomic E-state index is 0.431. The first-order chi connectivity index (χ1) is 6.80. The maximum absolute atomic E-state index is 12.9. The first-order valence-electron chi connectivity index (χ1n) is 3.94. The fourth-order valence-electron chi connectivity index (χ4n) is 1.12. The minimum Gasteiger partial charge on any atom is -0.392 e. The van der Waals surface area contributed by atoms with Crippen molar-refractivity contribution in [2.24, 2.45) is 0 Å². The van der Waals surface area contributed by atoms with E-state index in [1.54, 1.807) is 0 Å². The number of halogens is 5. The summed E-state index contributed by atoms with van der Waals surface area (Å²) in [5, 5.41) is 8.65. The van der Waals surface area contributed by atoms with Gasteiger partial charge in [-0.15, -0.1) is 0 Å². The van der Waals surface area contributed by atoms with Gasteiger partial charge in [0.15, 0.2) is 0 Å². The molecule has 0 saturated heterocycles. The van der Waals surface area contributed by atoms with Crippen LogP contribution in [-0.4, -0.2) is 11.3 Å². The van der Waals surface area contributed by atoms with E-state index in [4.69, 9.17) is 5.11 Å². The molecule has 84 valence electrons. The van der Waals surface area contributed by atoms with E-state index in [9.17, 15) is 22.0 Å². The molecule has 1 N–H and O–H groups in total. The molecule has 0 amide bonds. The molecule has 0 heterocycles. The van der Waals surface area contributed by atoms with E-state index < -0.39 is 29.8 Å². The van der Waals surface area contributed by atoms with Crippen LogP contribution in [0.3, 0.4) is 0 Å². The van der Waals surface area contributed by atoms with Crippen molar-refractivity contribution in [2.45, 2.75) is 18.7 Å². The molecule has 1 aromatic carbocycles. The van der Waals surface area contributed by atoms with E-state index in [1.807, 2.05) is 0 Å². The van der Waals surface area contributed by atoms with Crippen LogP contribution >= 0.6 is 0 Å². The largest absolute Gasteiger partial charge is 0.458 e. The fourth-order valence-corrected chi connectivity index (χ4v) is 1.12. The van der Waals surface area contributed by atoms with Gasteiger partial charge < -0.3 is 5.11 Å². The molecule has 0 bridgehead atoms. The summed E-state index contributed by atoms with van der Waals surface area (Å²) in [4.78, 5) is 0. The molecule has 0 aliphatic heterocycles. The van der Waals surface area contributed by atoms with Gasteiger partial charge in [0.1, 0.15) is 0 Å². The van der Waals surface area contributed by atoms with Gasteiger partial charge in [-0.25, -0.2) is 0 Å². The van der Waals surface area contributed by atoms with Gasteiger partial charge in [-0.1, -0.05) is 24.3 Å². The molecule has 0 unspecified atom stereocenters. The number of aliphatic hydroxyl groups is 1. The molecule has 0 aliphatic carbocycles. The zero-order valence-electron chi connectivity index (χ0n) is 7.35. The van der Waals surface area contributed by atoms with E-state index in [0.29, 0.717) is 6.07 Å². The van der Waals surface area contributed by atoms with E-state index in [-0.39, 0.29) is 0 Å². The Bertz CT molecular complexity index is 345.